The monoisotopic (exact) mass is 436 g/mol. The van der Waals surface area contributed by atoms with Gasteiger partial charge in [0.1, 0.15) is 5.82 Å². The highest BCUT2D eigenvalue weighted by Crippen LogP contribution is 2.23. The maximum Gasteiger partial charge on any atom is 0.316 e. The Morgan fingerprint density at radius 2 is 2.00 bits per heavy atom. The summed E-state index contributed by atoms with van der Waals surface area (Å²) in [5.74, 6) is 0.119. The van der Waals surface area contributed by atoms with Gasteiger partial charge < -0.3 is 15.2 Å². The van der Waals surface area contributed by atoms with Crippen molar-refractivity contribution in [1.29, 1.82) is 0 Å². The number of nitrogens with one attached hydrogen (secondary N) is 1. The van der Waals surface area contributed by atoms with Gasteiger partial charge in [-0.05, 0) is 56.2 Å². The molecule has 168 valence electrons. The first-order valence-electron chi connectivity index (χ1n) is 11.0. The highest BCUT2D eigenvalue weighted by molar-refractivity contribution is 5.68. The molecule has 3 aromatic heterocycles. The molecule has 9 nitrogen and oxygen atoms in total. The molecule has 0 fully saturated rings. The molecule has 1 aliphatic rings. The molecule has 0 radical (unpaired) electrons. The predicted octanol–water partition coefficient (Wildman–Crippen LogP) is 3.06. The SMILES string of the molecule is COc1ncc([C@@H](CC(=O)O)n2ccc(CCCc3ccc4c(n3)NCCCC4)n2)cn1. The maximum absolute atomic E-state index is 11.4. The Morgan fingerprint density at radius 3 is 2.78 bits per heavy atom. The number of carboxylic acid groups (broad SMARTS) is 1. The van der Waals surface area contributed by atoms with Crippen molar-refractivity contribution in [2.24, 2.45) is 0 Å². The fourth-order valence-electron chi connectivity index (χ4n) is 3.94. The van der Waals surface area contributed by atoms with Gasteiger partial charge in [-0.1, -0.05) is 6.07 Å². The van der Waals surface area contributed by atoms with E-state index in [4.69, 9.17) is 9.72 Å². The van der Waals surface area contributed by atoms with Crippen molar-refractivity contribution >= 4 is 11.8 Å². The molecular formula is C23H28N6O3. The van der Waals surface area contributed by atoms with Gasteiger partial charge in [0.2, 0.25) is 0 Å². The first-order valence-corrected chi connectivity index (χ1v) is 11.0. The number of rotatable bonds is 9. The Balaban J connectivity index is 1.39. The normalized spacial score (nSPS) is 14.2. The summed E-state index contributed by atoms with van der Waals surface area (Å²) in [5, 5.41) is 17.4. The van der Waals surface area contributed by atoms with E-state index in [1.54, 1.807) is 17.1 Å². The topological polar surface area (TPSA) is 115 Å². The van der Waals surface area contributed by atoms with Gasteiger partial charge in [0, 0.05) is 36.4 Å². The van der Waals surface area contributed by atoms with E-state index in [1.807, 2.05) is 12.3 Å². The number of hydrogen-bond donors (Lipinski definition) is 2. The largest absolute Gasteiger partial charge is 0.481 e. The smallest absolute Gasteiger partial charge is 0.316 e. The average Bonchev–Trinajstić information content (AvgIpc) is 3.14. The molecule has 0 unspecified atom stereocenters. The molecule has 0 amide bonds. The number of hydrogen-bond acceptors (Lipinski definition) is 7. The summed E-state index contributed by atoms with van der Waals surface area (Å²) < 4.78 is 6.67. The highest BCUT2D eigenvalue weighted by atomic mass is 16.5. The van der Waals surface area contributed by atoms with E-state index in [-0.39, 0.29) is 12.4 Å². The third-order valence-corrected chi connectivity index (χ3v) is 5.63. The van der Waals surface area contributed by atoms with Crippen LogP contribution in [0.15, 0.2) is 36.8 Å². The summed E-state index contributed by atoms with van der Waals surface area (Å²) in [5.41, 5.74) is 3.97. The molecular weight excluding hydrogens is 408 g/mol. The van der Waals surface area contributed by atoms with E-state index in [0.29, 0.717) is 5.56 Å². The second kappa shape index (κ2) is 10.2. The number of fused-ring (bicyclic) bond motifs is 1. The molecule has 0 saturated carbocycles. The first kappa shape index (κ1) is 21.7. The van der Waals surface area contributed by atoms with Crippen LogP contribution in [0.2, 0.25) is 0 Å². The van der Waals surface area contributed by atoms with Crippen LogP contribution in [0.25, 0.3) is 0 Å². The molecule has 0 aromatic carbocycles. The van der Waals surface area contributed by atoms with Crippen LogP contribution in [-0.4, -0.2) is 49.5 Å². The van der Waals surface area contributed by atoms with Crippen LogP contribution in [0.3, 0.4) is 0 Å². The van der Waals surface area contributed by atoms with E-state index in [1.165, 1.54) is 25.5 Å². The zero-order chi connectivity index (χ0) is 22.3. The predicted molar refractivity (Wildman–Crippen MR) is 119 cm³/mol. The number of carboxylic acids is 1. The van der Waals surface area contributed by atoms with Crippen molar-refractivity contribution in [2.45, 2.75) is 51.0 Å². The number of methoxy groups -OCH3 is 1. The van der Waals surface area contributed by atoms with Gasteiger partial charge in [-0.15, -0.1) is 0 Å². The third-order valence-electron chi connectivity index (χ3n) is 5.63. The van der Waals surface area contributed by atoms with Gasteiger partial charge in [0.05, 0.1) is 25.3 Å². The summed E-state index contributed by atoms with van der Waals surface area (Å²) in [6.45, 7) is 0.984. The number of anilines is 1. The molecule has 4 rings (SSSR count). The van der Waals surface area contributed by atoms with Crippen LogP contribution in [0.4, 0.5) is 5.82 Å². The second-order valence-corrected chi connectivity index (χ2v) is 7.95. The van der Waals surface area contributed by atoms with Crippen molar-refractivity contribution in [3.8, 4) is 6.01 Å². The molecule has 0 aliphatic carbocycles. The summed E-state index contributed by atoms with van der Waals surface area (Å²) in [6, 6.07) is 6.01. The molecule has 0 spiro atoms. The van der Waals surface area contributed by atoms with Crippen molar-refractivity contribution in [3.05, 3.63) is 59.3 Å². The van der Waals surface area contributed by atoms with Crippen LogP contribution in [-0.2, 0) is 24.1 Å². The van der Waals surface area contributed by atoms with Crippen molar-refractivity contribution in [2.75, 3.05) is 19.0 Å². The summed E-state index contributed by atoms with van der Waals surface area (Å²) >= 11 is 0. The van der Waals surface area contributed by atoms with E-state index in [2.05, 4.69) is 32.5 Å². The Hall–Kier alpha value is -3.49. The lowest BCUT2D eigenvalue weighted by Gasteiger charge is -2.15. The Labute approximate surface area is 186 Å². The van der Waals surface area contributed by atoms with Crippen LogP contribution >= 0.6 is 0 Å². The van der Waals surface area contributed by atoms with E-state index in [9.17, 15) is 9.90 Å². The fourth-order valence-corrected chi connectivity index (χ4v) is 3.94. The lowest BCUT2D eigenvalue weighted by molar-refractivity contribution is -0.137. The van der Waals surface area contributed by atoms with E-state index >= 15 is 0 Å². The van der Waals surface area contributed by atoms with Gasteiger partial charge in [0.25, 0.3) is 0 Å². The van der Waals surface area contributed by atoms with Crippen molar-refractivity contribution in [3.63, 3.8) is 0 Å². The number of pyridine rings is 1. The first-order chi connectivity index (χ1) is 15.6. The molecule has 0 bridgehead atoms. The average molecular weight is 437 g/mol. The molecule has 32 heavy (non-hydrogen) atoms. The van der Waals surface area contributed by atoms with Crippen LogP contribution in [0.1, 0.15) is 54.2 Å². The van der Waals surface area contributed by atoms with Gasteiger partial charge in [-0.2, -0.15) is 5.10 Å². The van der Waals surface area contributed by atoms with Gasteiger partial charge >= 0.3 is 12.0 Å². The minimum atomic E-state index is -0.911. The van der Waals surface area contributed by atoms with Gasteiger partial charge in [-0.25, -0.2) is 15.0 Å². The molecule has 0 saturated heterocycles. The lowest BCUT2D eigenvalue weighted by Crippen LogP contribution is -2.16. The quantitative estimate of drug-likeness (QED) is 0.526. The van der Waals surface area contributed by atoms with E-state index in [0.717, 1.165) is 49.4 Å². The summed E-state index contributed by atoms with van der Waals surface area (Å²) in [7, 11) is 1.49. The molecule has 1 atom stereocenters. The number of nitrogens with zero attached hydrogens (tertiary/aromatic N) is 5. The van der Waals surface area contributed by atoms with Crippen LogP contribution in [0, 0.1) is 0 Å². The van der Waals surface area contributed by atoms with Crippen LogP contribution < -0.4 is 10.1 Å². The number of aromatic nitrogens is 5. The number of aliphatic carboxylic acids is 1. The molecule has 4 heterocycles. The third kappa shape index (κ3) is 5.40. The maximum atomic E-state index is 11.4. The number of ether oxygens (including phenoxy) is 1. The Kier molecular flexibility index (Phi) is 6.94. The molecule has 2 N–H and O–H groups in total. The lowest BCUT2D eigenvalue weighted by atomic mass is 10.1. The molecule has 3 aromatic rings. The molecule has 1 aliphatic heterocycles. The van der Waals surface area contributed by atoms with Crippen molar-refractivity contribution in [1.82, 2.24) is 24.7 Å². The zero-order valence-corrected chi connectivity index (χ0v) is 18.2. The van der Waals surface area contributed by atoms with Gasteiger partial charge in [-0.3, -0.25) is 9.48 Å². The second-order valence-electron chi connectivity index (χ2n) is 7.95. The zero-order valence-electron chi connectivity index (χ0n) is 18.2. The van der Waals surface area contributed by atoms with Gasteiger partial charge in [0.15, 0.2) is 0 Å². The standard InChI is InChI=1S/C23H28N6O3/c1-32-23-25-14-17(15-26-23)20(13-21(30)31)29-12-10-19(28-29)7-4-6-18-9-8-16-5-2-3-11-24-22(16)27-18/h8-10,12,14-15,20H,2-7,11,13H2,1H3,(H,24,27)(H,30,31)/t20-/m1/s1. The number of aryl methyl sites for hydroxylation is 3. The van der Waals surface area contributed by atoms with E-state index < -0.39 is 12.0 Å². The Morgan fingerprint density at radius 1 is 1.19 bits per heavy atom. The Bertz CT molecular complexity index is 1050. The fraction of sp³-hybridized carbons (Fsp3) is 0.435. The van der Waals surface area contributed by atoms with Crippen molar-refractivity contribution < 1.29 is 14.6 Å². The minimum Gasteiger partial charge on any atom is -0.481 e. The summed E-state index contributed by atoms with van der Waals surface area (Å²) in [4.78, 5) is 24.4. The number of carbonyl (C=O) groups is 1. The highest BCUT2D eigenvalue weighted by Gasteiger charge is 2.20. The van der Waals surface area contributed by atoms with Crippen LogP contribution in [0.5, 0.6) is 6.01 Å². The minimum absolute atomic E-state index is 0.108. The molecule has 9 heteroatoms. The summed E-state index contributed by atoms with van der Waals surface area (Å²) in [6.07, 6.45) is 10.9.